The van der Waals surface area contributed by atoms with Crippen LogP contribution < -0.4 is 20.1 Å². The van der Waals surface area contributed by atoms with Crippen molar-refractivity contribution in [1.29, 1.82) is 0 Å². The lowest BCUT2D eigenvalue weighted by atomic mass is 9.92. The van der Waals surface area contributed by atoms with Crippen molar-refractivity contribution in [3.05, 3.63) is 104 Å². The molecule has 0 fully saturated rings. The van der Waals surface area contributed by atoms with E-state index in [-0.39, 0.29) is 6.54 Å². The number of carbonyl (C=O) groups excluding carboxylic acids is 2. The second-order valence-corrected chi connectivity index (χ2v) is 9.20. The number of carbonyl (C=O) groups is 2. The van der Waals surface area contributed by atoms with Crippen LogP contribution in [-0.2, 0) is 0 Å². The Morgan fingerprint density at radius 2 is 1.24 bits per heavy atom. The number of thioether (sulfide) groups is 1. The Morgan fingerprint density at radius 3 is 1.82 bits per heavy atom. The average molecular weight is 522 g/mol. The standard InChI is InChI=1S/C31H25N2O4S/c1-3-32-30(34)36-25-18-16-20-10-4-6-12-22(20)28(25)29-23-13-7-5-11-21(23)17-19-26(29)37-31(35)33-24-14-8-9-15-27(24)38-2/h4-19H,1,3H2,2H3,(H,32,34)(H,33,35). The number of fused-ring (bicyclic) bond motifs is 2. The number of anilines is 1. The minimum absolute atomic E-state index is 0.183. The monoisotopic (exact) mass is 521 g/mol. The maximum absolute atomic E-state index is 13.1. The van der Waals surface area contributed by atoms with Crippen molar-refractivity contribution in [3.8, 4) is 22.6 Å². The zero-order valence-electron chi connectivity index (χ0n) is 20.7. The summed E-state index contributed by atoms with van der Waals surface area (Å²) in [7, 11) is 0. The minimum atomic E-state index is -0.625. The van der Waals surface area contributed by atoms with Gasteiger partial charge in [0, 0.05) is 22.6 Å². The van der Waals surface area contributed by atoms with Gasteiger partial charge in [0.1, 0.15) is 11.5 Å². The van der Waals surface area contributed by atoms with Gasteiger partial charge in [0.25, 0.3) is 0 Å². The fourth-order valence-corrected chi connectivity index (χ4v) is 4.96. The Labute approximate surface area is 225 Å². The predicted octanol–water partition coefficient (Wildman–Crippen LogP) is 7.92. The molecule has 1 radical (unpaired) electrons. The fourth-order valence-electron chi connectivity index (χ4n) is 4.41. The molecule has 0 aliphatic rings. The van der Waals surface area contributed by atoms with Crippen molar-refractivity contribution in [2.75, 3.05) is 18.1 Å². The summed E-state index contributed by atoms with van der Waals surface area (Å²) in [6.07, 6.45) is 0.700. The molecule has 0 aliphatic carbocycles. The van der Waals surface area contributed by atoms with E-state index in [2.05, 4.69) is 17.6 Å². The summed E-state index contributed by atoms with van der Waals surface area (Å²) in [4.78, 5) is 26.5. The van der Waals surface area contributed by atoms with E-state index >= 15 is 0 Å². The number of hydrogen-bond acceptors (Lipinski definition) is 5. The second-order valence-electron chi connectivity index (χ2n) is 8.35. The van der Waals surface area contributed by atoms with Crippen LogP contribution in [-0.4, -0.2) is 25.0 Å². The fraction of sp³-hybridized carbons (Fsp3) is 0.0645. The SMILES string of the molecule is [CH2]CNC(=O)Oc1ccc2ccccc2c1-c1c(OC(=O)Nc2ccccc2SC)ccc2ccccc12. The first-order valence-corrected chi connectivity index (χ1v) is 13.2. The van der Waals surface area contributed by atoms with E-state index < -0.39 is 12.2 Å². The van der Waals surface area contributed by atoms with Crippen molar-refractivity contribution in [1.82, 2.24) is 5.32 Å². The molecule has 7 heteroatoms. The summed E-state index contributed by atoms with van der Waals surface area (Å²) in [6.45, 7) is 3.84. The molecule has 5 aromatic carbocycles. The molecule has 38 heavy (non-hydrogen) atoms. The Bertz CT molecular complexity index is 1650. The first kappa shape index (κ1) is 25.2. The van der Waals surface area contributed by atoms with Gasteiger partial charge in [-0.2, -0.15) is 0 Å². The zero-order chi connectivity index (χ0) is 26.5. The van der Waals surface area contributed by atoms with Crippen molar-refractivity contribution in [2.45, 2.75) is 4.90 Å². The van der Waals surface area contributed by atoms with Crippen LogP contribution in [0, 0.1) is 6.92 Å². The molecular weight excluding hydrogens is 496 g/mol. The summed E-state index contributed by atoms with van der Waals surface area (Å²) >= 11 is 1.53. The highest BCUT2D eigenvalue weighted by Gasteiger charge is 2.22. The first-order valence-electron chi connectivity index (χ1n) is 12.0. The number of benzene rings is 5. The highest BCUT2D eigenvalue weighted by Crippen LogP contribution is 2.45. The quantitative estimate of drug-likeness (QED) is 0.222. The number of ether oxygens (including phenoxy) is 2. The van der Waals surface area contributed by atoms with Gasteiger partial charge in [0.15, 0.2) is 0 Å². The third kappa shape index (κ3) is 5.14. The molecular formula is C31H25N2O4S. The van der Waals surface area contributed by atoms with Crippen molar-refractivity contribution in [3.63, 3.8) is 0 Å². The van der Waals surface area contributed by atoms with Gasteiger partial charge in [-0.1, -0.05) is 72.8 Å². The van der Waals surface area contributed by atoms with E-state index in [1.807, 2.05) is 91.2 Å². The van der Waals surface area contributed by atoms with Crippen LogP contribution in [0.2, 0.25) is 0 Å². The molecule has 0 aromatic heterocycles. The molecule has 2 N–H and O–H groups in total. The van der Waals surface area contributed by atoms with Gasteiger partial charge in [0.05, 0.1) is 5.69 Å². The summed E-state index contributed by atoms with van der Waals surface area (Å²) < 4.78 is 11.7. The maximum atomic E-state index is 13.1. The van der Waals surface area contributed by atoms with Crippen molar-refractivity contribution < 1.29 is 19.1 Å². The van der Waals surface area contributed by atoms with E-state index in [9.17, 15) is 9.59 Å². The van der Waals surface area contributed by atoms with E-state index in [1.54, 1.807) is 12.1 Å². The highest BCUT2D eigenvalue weighted by molar-refractivity contribution is 7.98. The smallest absolute Gasteiger partial charge is 0.410 e. The third-order valence-corrected chi connectivity index (χ3v) is 6.85. The van der Waals surface area contributed by atoms with Crippen LogP contribution in [0.1, 0.15) is 0 Å². The molecule has 5 aromatic rings. The van der Waals surface area contributed by atoms with Gasteiger partial charge >= 0.3 is 12.2 Å². The van der Waals surface area contributed by atoms with Crippen LogP contribution in [0.5, 0.6) is 11.5 Å². The normalized spacial score (nSPS) is 10.8. The lowest BCUT2D eigenvalue weighted by Gasteiger charge is -2.19. The second kappa shape index (κ2) is 11.3. The maximum Gasteiger partial charge on any atom is 0.417 e. The summed E-state index contributed by atoms with van der Waals surface area (Å²) in [6, 6.07) is 30.4. The van der Waals surface area contributed by atoms with Crippen molar-refractivity contribution in [2.24, 2.45) is 0 Å². The lowest BCUT2D eigenvalue weighted by Crippen LogP contribution is -2.26. The molecule has 189 valence electrons. The number of rotatable bonds is 6. The molecule has 0 aliphatic heterocycles. The van der Waals surface area contributed by atoms with Gasteiger partial charge < -0.3 is 14.8 Å². The van der Waals surface area contributed by atoms with Gasteiger partial charge in [-0.15, -0.1) is 11.8 Å². The largest absolute Gasteiger partial charge is 0.417 e. The third-order valence-electron chi connectivity index (χ3n) is 6.05. The predicted molar refractivity (Wildman–Crippen MR) is 154 cm³/mol. The molecule has 2 amide bonds. The van der Waals surface area contributed by atoms with E-state index in [1.165, 1.54) is 11.8 Å². The van der Waals surface area contributed by atoms with E-state index in [4.69, 9.17) is 9.47 Å². The zero-order valence-corrected chi connectivity index (χ0v) is 21.5. The van der Waals surface area contributed by atoms with Crippen LogP contribution >= 0.6 is 11.8 Å². The molecule has 0 saturated heterocycles. The van der Waals surface area contributed by atoms with Crippen LogP contribution in [0.25, 0.3) is 32.7 Å². The van der Waals surface area contributed by atoms with Gasteiger partial charge in [-0.3, -0.25) is 5.32 Å². The van der Waals surface area contributed by atoms with E-state index in [0.717, 1.165) is 26.4 Å². The molecule has 0 heterocycles. The Hall–Kier alpha value is -4.49. The molecule has 0 atom stereocenters. The minimum Gasteiger partial charge on any atom is -0.410 e. The first-order chi connectivity index (χ1) is 18.6. The van der Waals surface area contributed by atoms with Crippen LogP contribution in [0.4, 0.5) is 15.3 Å². The topological polar surface area (TPSA) is 76.7 Å². The summed E-state index contributed by atoms with van der Waals surface area (Å²) in [5.74, 6) is 0.672. The average Bonchev–Trinajstić information content (AvgIpc) is 2.93. The van der Waals surface area contributed by atoms with Gasteiger partial charge in [-0.05, 0) is 59.0 Å². The Morgan fingerprint density at radius 1 is 0.711 bits per heavy atom. The lowest BCUT2D eigenvalue weighted by molar-refractivity contribution is 0.201. The van der Waals surface area contributed by atoms with Gasteiger partial charge in [0.2, 0.25) is 0 Å². The Kier molecular flexibility index (Phi) is 7.47. The summed E-state index contributed by atoms with van der Waals surface area (Å²) in [5.41, 5.74) is 1.95. The van der Waals surface area contributed by atoms with Crippen molar-refractivity contribution >= 4 is 51.2 Å². The number of amides is 2. The number of para-hydroxylation sites is 1. The number of nitrogens with one attached hydrogen (secondary N) is 2. The molecule has 0 bridgehead atoms. The van der Waals surface area contributed by atoms with Crippen LogP contribution in [0.3, 0.4) is 0 Å². The molecule has 0 unspecified atom stereocenters. The molecule has 0 spiro atoms. The molecule has 0 saturated carbocycles. The molecule has 5 rings (SSSR count). The van der Waals surface area contributed by atoms with Gasteiger partial charge in [-0.25, -0.2) is 9.59 Å². The van der Waals surface area contributed by atoms with Crippen LogP contribution in [0.15, 0.2) is 102 Å². The number of hydrogen-bond donors (Lipinski definition) is 2. The van der Waals surface area contributed by atoms with E-state index in [0.29, 0.717) is 28.3 Å². The highest BCUT2D eigenvalue weighted by atomic mass is 32.2. The molecule has 6 nitrogen and oxygen atoms in total. The summed E-state index contributed by atoms with van der Waals surface area (Å²) in [5, 5.41) is 9.02. The Balaban J connectivity index is 1.68.